The van der Waals surface area contributed by atoms with Crippen LogP contribution in [-0.4, -0.2) is 30.3 Å². The van der Waals surface area contributed by atoms with Crippen LogP contribution in [0.5, 0.6) is 0 Å². The minimum atomic E-state index is 0.194. The molecule has 1 saturated carbocycles. The fraction of sp³-hybridized carbons (Fsp3) is 0.917. The Bertz CT molecular complexity index is 243. The lowest BCUT2D eigenvalue weighted by Crippen LogP contribution is -2.33. The summed E-state index contributed by atoms with van der Waals surface area (Å²) in [6.45, 7) is 11.7. The number of Topliss-reactive ketones (excluding diaryl/α,β-unsaturated/α-hetero) is 1. The van der Waals surface area contributed by atoms with E-state index in [1.807, 2.05) is 13.8 Å². The number of hydrogen-bond donors (Lipinski definition) is 0. The highest BCUT2D eigenvalue weighted by Gasteiger charge is 2.61. The molecule has 0 aromatic heterocycles. The number of carbonyl (C=O) groups is 1. The van der Waals surface area contributed by atoms with Crippen molar-refractivity contribution < 1.29 is 4.79 Å². The first kappa shape index (κ1) is 10.2. The van der Waals surface area contributed by atoms with Crippen molar-refractivity contribution >= 4 is 5.78 Å². The molecule has 0 aromatic carbocycles. The van der Waals surface area contributed by atoms with Gasteiger partial charge in [0.2, 0.25) is 0 Å². The molecule has 2 nitrogen and oxygen atoms in total. The summed E-state index contributed by atoms with van der Waals surface area (Å²) in [5, 5.41) is 0. The number of rotatable bonds is 3. The Kier molecular flexibility index (Phi) is 2.22. The van der Waals surface area contributed by atoms with Crippen molar-refractivity contribution in [3.8, 4) is 0 Å². The molecule has 1 aliphatic heterocycles. The summed E-state index contributed by atoms with van der Waals surface area (Å²) in [4.78, 5) is 13.9. The molecular weight excluding hydrogens is 174 g/mol. The van der Waals surface area contributed by atoms with Gasteiger partial charge in [-0.3, -0.25) is 9.69 Å². The summed E-state index contributed by atoms with van der Waals surface area (Å²) in [6.07, 6.45) is 0. The number of carbonyl (C=O) groups excluding carboxylic acids is 1. The van der Waals surface area contributed by atoms with Crippen LogP contribution in [0.1, 0.15) is 27.7 Å². The fourth-order valence-corrected chi connectivity index (χ4v) is 2.75. The molecule has 1 heterocycles. The number of nitrogens with zero attached hydrogens (tertiary/aromatic N) is 1. The zero-order valence-corrected chi connectivity index (χ0v) is 9.71. The van der Waals surface area contributed by atoms with Gasteiger partial charge in [0.15, 0.2) is 0 Å². The Morgan fingerprint density at radius 1 is 1.36 bits per heavy atom. The monoisotopic (exact) mass is 195 g/mol. The minimum Gasteiger partial charge on any atom is -0.298 e. The van der Waals surface area contributed by atoms with E-state index in [1.54, 1.807) is 0 Å². The van der Waals surface area contributed by atoms with E-state index in [1.165, 1.54) is 0 Å². The minimum absolute atomic E-state index is 0.194. The molecule has 0 N–H and O–H groups in total. The molecule has 14 heavy (non-hydrogen) atoms. The molecule has 2 atom stereocenters. The maximum Gasteiger partial charge on any atom is 0.149 e. The normalized spacial score (nSPS) is 34.6. The Balaban J connectivity index is 1.81. The van der Waals surface area contributed by atoms with Crippen LogP contribution in [0.3, 0.4) is 0 Å². The molecule has 0 radical (unpaired) electrons. The smallest absolute Gasteiger partial charge is 0.149 e. The van der Waals surface area contributed by atoms with Gasteiger partial charge in [0.1, 0.15) is 5.78 Å². The van der Waals surface area contributed by atoms with Crippen molar-refractivity contribution in [3.05, 3.63) is 0 Å². The van der Waals surface area contributed by atoms with Crippen LogP contribution < -0.4 is 0 Å². The van der Waals surface area contributed by atoms with Crippen LogP contribution in [0.25, 0.3) is 0 Å². The van der Waals surface area contributed by atoms with Gasteiger partial charge in [-0.25, -0.2) is 0 Å². The van der Waals surface area contributed by atoms with Crippen LogP contribution in [0.2, 0.25) is 0 Å². The summed E-state index contributed by atoms with van der Waals surface area (Å²) in [5.74, 6) is 2.31. The van der Waals surface area contributed by atoms with Crippen molar-refractivity contribution in [1.82, 2.24) is 4.90 Å². The number of fused-ring (bicyclic) bond motifs is 1. The molecule has 80 valence electrons. The van der Waals surface area contributed by atoms with Crippen LogP contribution in [-0.2, 0) is 4.79 Å². The second-order valence-electron chi connectivity index (χ2n) is 5.85. The maximum absolute atomic E-state index is 11.5. The third-order valence-corrected chi connectivity index (χ3v) is 4.22. The molecule has 1 saturated heterocycles. The first-order valence-electron chi connectivity index (χ1n) is 5.68. The van der Waals surface area contributed by atoms with Gasteiger partial charge in [0.25, 0.3) is 0 Å². The molecule has 1 aliphatic carbocycles. The van der Waals surface area contributed by atoms with E-state index in [4.69, 9.17) is 0 Å². The molecule has 2 heteroatoms. The molecule has 0 aromatic rings. The predicted molar refractivity (Wildman–Crippen MR) is 57.0 cm³/mol. The average Bonchev–Trinajstić information content (AvgIpc) is 2.51. The van der Waals surface area contributed by atoms with E-state index in [0.717, 1.165) is 24.9 Å². The molecule has 0 amide bonds. The van der Waals surface area contributed by atoms with E-state index >= 15 is 0 Å². The van der Waals surface area contributed by atoms with Gasteiger partial charge in [0, 0.05) is 19.0 Å². The zero-order chi connectivity index (χ0) is 10.5. The van der Waals surface area contributed by atoms with Crippen LogP contribution in [0, 0.1) is 23.2 Å². The van der Waals surface area contributed by atoms with Crippen molar-refractivity contribution in [3.63, 3.8) is 0 Å². The Labute approximate surface area is 86.7 Å². The maximum atomic E-state index is 11.5. The van der Waals surface area contributed by atoms with Gasteiger partial charge >= 0.3 is 0 Å². The summed E-state index contributed by atoms with van der Waals surface area (Å²) >= 11 is 0. The largest absolute Gasteiger partial charge is 0.298 e. The Morgan fingerprint density at radius 3 is 2.29 bits per heavy atom. The lowest BCUT2D eigenvalue weighted by atomic mass is 10.1. The highest BCUT2D eigenvalue weighted by molar-refractivity contribution is 5.82. The van der Waals surface area contributed by atoms with E-state index in [-0.39, 0.29) is 5.92 Å². The SMILES string of the molecule is CC(C)C(=O)CN1CC2C(C1)C2(C)C. The molecule has 2 rings (SSSR count). The summed E-state index contributed by atoms with van der Waals surface area (Å²) in [5.41, 5.74) is 0.567. The number of piperidine rings is 1. The van der Waals surface area contributed by atoms with Gasteiger partial charge in [-0.2, -0.15) is 0 Å². The van der Waals surface area contributed by atoms with Crippen LogP contribution in [0.4, 0.5) is 0 Å². The van der Waals surface area contributed by atoms with E-state index in [0.29, 0.717) is 17.7 Å². The Morgan fingerprint density at radius 2 is 1.86 bits per heavy atom. The number of likely N-dealkylation sites (tertiary alicyclic amines) is 1. The first-order valence-corrected chi connectivity index (χ1v) is 5.68. The summed E-state index contributed by atoms with van der Waals surface area (Å²) < 4.78 is 0. The highest BCUT2D eigenvalue weighted by atomic mass is 16.1. The topological polar surface area (TPSA) is 20.3 Å². The van der Waals surface area contributed by atoms with Gasteiger partial charge in [0.05, 0.1) is 6.54 Å². The molecule has 2 unspecified atom stereocenters. The molecule has 2 fully saturated rings. The van der Waals surface area contributed by atoms with Crippen molar-refractivity contribution in [2.75, 3.05) is 19.6 Å². The summed E-state index contributed by atoms with van der Waals surface area (Å²) in [6, 6.07) is 0. The quantitative estimate of drug-likeness (QED) is 0.684. The third-order valence-electron chi connectivity index (χ3n) is 4.22. The van der Waals surface area contributed by atoms with Crippen molar-refractivity contribution in [2.24, 2.45) is 23.2 Å². The van der Waals surface area contributed by atoms with E-state index in [2.05, 4.69) is 18.7 Å². The average molecular weight is 195 g/mol. The standard InChI is InChI=1S/C12H21NO/c1-8(2)11(14)7-13-5-9-10(6-13)12(9,3)4/h8-10H,5-7H2,1-4H3. The van der Waals surface area contributed by atoms with Gasteiger partial charge < -0.3 is 0 Å². The molecular formula is C12H21NO. The molecule has 2 aliphatic rings. The number of ketones is 1. The lowest BCUT2D eigenvalue weighted by Gasteiger charge is -2.21. The summed E-state index contributed by atoms with van der Waals surface area (Å²) in [7, 11) is 0. The third kappa shape index (κ3) is 1.50. The van der Waals surface area contributed by atoms with Gasteiger partial charge in [-0.1, -0.05) is 27.7 Å². The second kappa shape index (κ2) is 3.06. The molecule has 0 bridgehead atoms. The number of hydrogen-bond acceptors (Lipinski definition) is 2. The molecule has 0 spiro atoms. The fourth-order valence-electron chi connectivity index (χ4n) is 2.75. The zero-order valence-electron chi connectivity index (χ0n) is 9.71. The Hall–Kier alpha value is -0.370. The van der Waals surface area contributed by atoms with Crippen LogP contribution >= 0.6 is 0 Å². The lowest BCUT2D eigenvalue weighted by molar-refractivity contribution is -0.123. The van der Waals surface area contributed by atoms with Crippen molar-refractivity contribution in [1.29, 1.82) is 0 Å². The van der Waals surface area contributed by atoms with Gasteiger partial charge in [-0.05, 0) is 17.3 Å². The first-order chi connectivity index (χ1) is 6.43. The second-order valence-corrected chi connectivity index (χ2v) is 5.85. The van der Waals surface area contributed by atoms with Crippen molar-refractivity contribution in [2.45, 2.75) is 27.7 Å². The van der Waals surface area contributed by atoms with E-state index < -0.39 is 0 Å². The highest BCUT2D eigenvalue weighted by Crippen LogP contribution is 2.61. The van der Waals surface area contributed by atoms with Gasteiger partial charge in [-0.15, -0.1) is 0 Å². The van der Waals surface area contributed by atoms with Crippen LogP contribution in [0.15, 0.2) is 0 Å². The van der Waals surface area contributed by atoms with E-state index in [9.17, 15) is 4.79 Å². The predicted octanol–water partition coefficient (Wildman–Crippen LogP) is 1.80.